The quantitative estimate of drug-likeness (QED) is 0.554. The third-order valence-electron chi connectivity index (χ3n) is 4.48. The molecule has 1 aromatic carbocycles. The molecule has 4 rings (SSSR count). The molecule has 0 saturated heterocycles. The summed E-state index contributed by atoms with van der Waals surface area (Å²) in [6.45, 7) is 1.75. The Morgan fingerprint density at radius 2 is 2.07 bits per heavy atom. The number of methoxy groups -OCH3 is 1. The number of hydrogen-bond acceptors (Lipinski definition) is 6. The number of thiazole rings is 1. The molecule has 1 aliphatic rings. The van der Waals surface area contributed by atoms with Gasteiger partial charge in [-0.3, -0.25) is 9.36 Å². The van der Waals surface area contributed by atoms with Crippen LogP contribution in [0.25, 0.3) is 6.08 Å². The van der Waals surface area contributed by atoms with Crippen LogP contribution in [0.3, 0.4) is 0 Å². The van der Waals surface area contributed by atoms with Crippen LogP contribution in [0.4, 0.5) is 0 Å². The van der Waals surface area contributed by atoms with Gasteiger partial charge in [0.15, 0.2) is 4.80 Å². The first-order chi connectivity index (χ1) is 13.9. The molecule has 0 N–H and O–H groups in total. The summed E-state index contributed by atoms with van der Waals surface area (Å²) >= 11 is 14.8. The number of fused-ring (bicyclic) bond motifs is 1. The van der Waals surface area contributed by atoms with Gasteiger partial charge in [0.2, 0.25) is 0 Å². The summed E-state index contributed by atoms with van der Waals surface area (Å²) in [5, 5.41) is 2.76. The van der Waals surface area contributed by atoms with Gasteiger partial charge in [-0.05, 0) is 42.1 Å². The molecular formula is C20H14Cl2N2O3S2. The van der Waals surface area contributed by atoms with Gasteiger partial charge in [-0.1, -0.05) is 46.7 Å². The monoisotopic (exact) mass is 464 g/mol. The molecule has 148 valence electrons. The van der Waals surface area contributed by atoms with E-state index in [1.165, 1.54) is 29.8 Å². The second-order valence-electron chi connectivity index (χ2n) is 6.26. The Kier molecular flexibility index (Phi) is 5.48. The van der Waals surface area contributed by atoms with Crippen LogP contribution in [0.5, 0.6) is 0 Å². The molecule has 3 aromatic rings. The molecule has 0 unspecified atom stereocenters. The van der Waals surface area contributed by atoms with E-state index >= 15 is 0 Å². The number of aromatic nitrogens is 1. The first kappa shape index (κ1) is 20.1. The minimum atomic E-state index is -0.574. The smallest absolute Gasteiger partial charge is 0.338 e. The highest BCUT2D eigenvalue weighted by atomic mass is 35.5. The predicted molar refractivity (Wildman–Crippen MR) is 117 cm³/mol. The molecule has 0 amide bonds. The maximum Gasteiger partial charge on any atom is 0.338 e. The molecule has 0 spiro atoms. The number of esters is 1. The summed E-state index contributed by atoms with van der Waals surface area (Å²) in [6.07, 6.45) is 1.74. The predicted octanol–water partition coefficient (Wildman–Crippen LogP) is 3.78. The molecule has 5 nitrogen and oxygen atoms in total. The van der Waals surface area contributed by atoms with Crippen LogP contribution in [-0.4, -0.2) is 17.6 Å². The molecule has 29 heavy (non-hydrogen) atoms. The van der Waals surface area contributed by atoms with E-state index in [4.69, 9.17) is 27.9 Å². The second kappa shape index (κ2) is 7.91. The zero-order chi connectivity index (χ0) is 20.7. The fourth-order valence-electron chi connectivity index (χ4n) is 3.16. The van der Waals surface area contributed by atoms with Gasteiger partial charge in [-0.15, -0.1) is 11.3 Å². The Bertz CT molecular complexity index is 1320. The molecule has 0 radical (unpaired) electrons. The third kappa shape index (κ3) is 3.59. The van der Waals surface area contributed by atoms with Crippen molar-refractivity contribution in [2.24, 2.45) is 4.99 Å². The second-order valence-corrected chi connectivity index (χ2v) is 9.07. The number of carbonyl (C=O) groups excluding carboxylic acids is 1. The van der Waals surface area contributed by atoms with E-state index in [-0.39, 0.29) is 5.56 Å². The standard InChI is InChI=1S/C20H14Cl2N2O3S2/c1-10-16(19(26)27-2)17(14-4-3-7-28-14)24-18(25)15(29-20(24)23-10)9-11-5-6-12(21)13(22)8-11/h3-9,17H,1-2H3/b15-9+/t17-/m0/s1. The van der Waals surface area contributed by atoms with Gasteiger partial charge >= 0.3 is 5.97 Å². The van der Waals surface area contributed by atoms with Crippen molar-refractivity contribution in [2.75, 3.05) is 7.11 Å². The van der Waals surface area contributed by atoms with Crippen molar-refractivity contribution in [1.82, 2.24) is 4.57 Å². The molecule has 0 bridgehead atoms. The van der Waals surface area contributed by atoms with Crippen molar-refractivity contribution < 1.29 is 9.53 Å². The van der Waals surface area contributed by atoms with Gasteiger partial charge < -0.3 is 4.74 Å². The van der Waals surface area contributed by atoms with Crippen molar-refractivity contribution in [3.63, 3.8) is 0 Å². The van der Waals surface area contributed by atoms with E-state index in [1.807, 2.05) is 17.5 Å². The van der Waals surface area contributed by atoms with E-state index < -0.39 is 12.0 Å². The zero-order valence-electron chi connectivity index (χ0n) is 15.3. The average Bonchev–Trinajstić information content (AvgIpc) is 3.32. The molecule has 0 fully saturated rings. The molecular weight excluding hydrogens is 451 g/mol. The number of allylic oxidation sites excluding steroid dienone is 1. The fourth-order valence-corrected chi connectivity index (χ4v) is 5.34. The van der Waals surface area contributed by atoms with Crippen molar-refractivity contribution in [2.45, 2.75) is 13.0 Å². The summed E-state index contributed by atoms with van der Waals surface area (Å²) in [5.41, 5.74) is 1.43. The molecule has 3 heterocycles. The number of ether oxygens (including phenoxy) is 1. The van der Waals surface area contributed by atoms with Crippen molar-refractivity contribution >= 4 is 57.9 Å². The van der Waals surface area contributed by atoms with Crippen LogP contribution in [0.15, 0.2) is 56.8 Å². The summed E-state index contributed by atoms with van der Waals surface area (Å²) < 4.78 is 7.01. The van der Waals surface area contributed by atoms with E-state index in [9.17, 15) is 9.59 Å². The van der Waals surface area contributed by atoms with E-state index in [0.717, 1.165) is 10.4 Å². The molecule has 9 heteroatoms. The number of rotatable bonds is 3. The topological polar surface area (TPSA) is 60.7 Å². The first-order valence-corrected chi connectivity index (χ1v) is 10.9. The van der Waals surface area contributed by atoms with Gasteiger partial charge in [0.1, 0.15) is 6.04 Å². The highest BCUT2D eigenvalue weighted by Gasteiger charge is 2.33. The molecule has 0 aliphatic carbocycles. The lowest BCUT2D eigenvalue weighted by molar-refractivity contribution is -0.136. The van der Waals surface area contributed by atoms with E-state index in [2.05, 4.69) is 4.99 Å². The van der Waals surface area contributed by atoms with Crippen molar-refractivity contribution in [1.29, 1.82) is 0 Å². The maximum atomic E-state index is 13.3. The largest absolute Gasteiger partial charge is 0.466 e. The Balaban J connectivity index is 1.96. The molecule has 1 aliphatic heterocycles. The van der Waals surface area contributed by atoms with Gasteiger partial charge in [-0.25, -0.2) is 9.79 Å². The number of thiophene rings is 1. The minimum absolute atomic E-state index is 0.230. The Morgan fingerprint density at radius 3 is 2.72 bits per heavy atom. The number of benzene rings is 1. The SMILES string of the molecule is COC(=O)C1=C(C)N=c2s/c(=C/c3ccc(Cl)c(Cl)c3)c(=O)n2[C@H]1c1cccs1. The highest BCUT2D eigenvalue weighted by Crippen LogP contribution is 2.33. The number of carbonyl (C=O) groups is 1. The number of halogens is 2. The van der Waals surface area contributed by atoms with Crippen LogP contribution in [0, 0.1) is 0 Å². The highest BCUT2D eigenvalue weighted by molar-refractivity contribution is 7.10. The van der Waals surface area contributed by atoms with Gasteiger partial charge in [-0.2, -0.15) is 0 Å². The Labute approximate surface area is 183 Å². The normalized spacial score (nSPS) is 16.6. The molecule has 0 saturated carbocycles. The zero-order valence-corrected chi connectivity index (χ0v) is 18.5. The van der Waals surface area contributed by atoms with Crippen LogP contribution < -0.4 is 14.9 Å². The average molecular weight is 465 g/mol. The lowest BCUT2D eigenvalue weighted by Crippen LogP contribution is -2.39. The Hall–Kier alpha value is -2.19. The van der Waals surface area contributed by atoms with Crippen molar-refractivity contribution in [3.8, 4) is 0 Å². The van der Waals surface area contributed by atoms with Gasteiger partial charge in [0.05, 0.1) is 33.0 Å². The maximum absolute atomic E-state index is 13.3. The first-order valence-electron chi connectivity index (χ1n) is 8.50. The fraction of sp³-hybridized carbons (Fsp3) is 0.150. The van der Waals surface area contributed by atoms with Crippen LogP contribution in [0.2, 0.25) is 10.0 Å². The number of nitrogens with zero attached hydrogens (tertiary/aromatic N) is 2. The minimum Gasteiger partial charge on any atom is -0.466 e. The Morgan fingerprint density at radius 1 is 1.28 bits per heavy atom. The van der Waals surface area contributed by atoms with Gasteiger partial charge in [0.25, 0.3) is 5.56 Å². The molecule has 1 atom stereocenters. The summed E-state index contributed by atoms with van der Waals surface area (Å²) in [5.74, 6) is -0.497. The van der Waals surface area contributed by atoms with Crippen LogP contribution in [0.1, 0.15) is 23.4 Å². The van der Waals surface area contributed by atoms with E-state index in [0.29, 0.717) is 30.6 Å². The molecule has 2 aromatic heterocycles. The summed E-state index contributed by atoms with van der Waals surface area (Å²) in [6, 6.07) is 8.37. The lowest BCUT2D eigenvalue weighted by atomic mass is 10.0. The van der Waals surface area contributed by atoms with Crippen LogP contribution in [-0.2, 0) is 9.53 Å². The lowest BCUT2D eigenvalue weighted by Gasteiger charge is -2.22. The van der Waals surface area contributed by atoms with Crippen molar-refractivity contribution in [3.05, 3.63) is 87.2 Å². The number of hydrogen-bond donors (Lipinski definition) is 0. The van der Waals surface area contributed by atoms with Gasteiger partial charge in [0, 0.05) is 4.88 Å². The van der Waals surface area contributed by atoms with Crippen LogP contribution >= 0.6 is 45.9 Å². The van der Waals surface area contributed by atoms with E-state index in [1.54, 1.807) is 35.8 Å². The summed E-state index contributed by atoms with van der Waals surface area (Å²) in [4.78, 5) is 31.7. The third-order valence-corrected chi connectivity index (χ3v) is 7.13. The summed E-state index contributed by atoms with van der Waals surface area (Å²) in [7, 11) is 1.32.